The fourth-order valence-corrected chi connectivity index (χ4v) is 1.37. The number of hydrogen-bond acceptors (Lipinski definition) is 5. The lowest BCUT2D eigenvalue weighted by Crippen LogP contribution is -1.92. The molecule has 0 unspecified atom stereocenters. The topological polar surface area (TPSA) is 80.7 Å². The van der Waals surface area contributed by atoms with E-state index in [0.717, 1.165) is 11.3 Å². The van der Waals surface area contributed by atoms with Crippen molar-refractivity contribution >= 4 is 17.8 Å². The number of hydrogen-bond donors (Lipinski definition) is 1. The lowest BCUT2D eigenvalue weighted by molar-refractivity contribution is -0.402. The Balaban J connectivity index is 2.03. The van der Waals surface area contributed by atoms with E-state index in [4.69, 9.17) is 4.42 Å². The molecule has 0 saturated heterocycles. The van der Waals surface area contributed by atoms with Crippen LogP contribution in [-0.2, 0) is 0 Å². The molecule has 1 aromatic carbocycles. The molecule has 0 saturated carbocycles. The summed E-state index contributed by atoms with van der Waals surface area (Å²) in [5.41, 5.74) is 4.77. The van der Waals surface area contributed by atoms with Crippen LogP contribution in [0.5, 0.6) is 0 Å². The highest BCUT2D eigenvalue weighted by atomic mass is 16.6. The van der Waals surface area contributed by atoms with Crippen molar-refractivity contribution in [2.75, 3.05) is 5.43 Å². The van der Waals surface area contributed by atoms with Gasteiger partial charge in [-0.2, -0.15) is 5.10 Å². The summed E-state index contributed by atoms with van der Waals surface area (Å²) >= 11 is 0. The van der Waals surface area contributed by atoms with Crippen LogP contribution in [0.25, 0.3) is 0 Å². The van der Waals surface area contributed by atoms with Gasteiger partial charge < -0.3 is 4.42 Å². The Kier molecular flexibility index (Phi) is 3.38. The Morgan fingerprint density at radius 2 is 2.11 bits per heavy atom. The van der Waals surface area contributed by atoms with Crippen LogP contribution in [0.3, 0.4) is 0 Å². The van der Waals surface area contributed by atoms with Crippen LogP contribution in [-0.4, -0.2) is 11.1 Å². The highest BCUT2D eigenvalue weighted by molar-refractivity contribution is 5.77. The molecule has 6 heteroatoms. The molecule has 0 aliphatic rings. The van der Waals surface area contributed by atoms with Gasteiger partial charge in [-0.1, -0.05) is 18.2 Å². The standard InChI is InChI=1S/C12H11N3O3/c1-9-4-2-3-5-11(9)14-13-8-10-6-7-12(18-10)15(16)17/h2-8,14H,1H3. The highest BCUT2D eigenvalue weighted by Gasteiger charge is 2.09. The van der Waals surface area contributed by atoms with Crippen molar-refractivity contribution in [1.29, 1.82) is 0 Å². The fraction of sp³-hybridized carbons (Fsp3) is 0.0833. The number of furan rings is 1. The summed E-state index contributed by atoms with van der Waals surface area (Å²) < 4.78 is 4.92. The average molecular weight is 245 g/mol. The number of para-hydroxylation sites is 1. The molecule has 6 nitrogen and oxygen atoms in total. The first-order chi connectivity index (χ1) is 8.66. The maximum absolute atomic E-state index is 10.4. The number of benzene rings is 1. The Hall–Kier alpha value is -2.63. The second kappa shape index (κ2) is 5.13. The molecule has 2 aromatic rings. The second-order valence-electron chi connectivity index (χ2n) is 3.62. The quantitative estimate of drug-likeness (QED) is 0.510. The zero-order valence-electron chi connectivity index (χ0n) is 9.66. The summed E-state index contributed by atoms with van der Waals surface area (Å²) in [4.78, 5) is 9.81. The van der Waals surface area contributed by atoms with E-state index in [0.29, 0.717) is 5.76 Å². The molecule has 0 aliphatic heterocycles. The molecular formula is C12H11N3O3. The van der Waals surface area contributed by atoms with Crippen LogP contribution in [0.15, 0.2) is 45.9 Å². The normalized spacial score (nSPS) is 10.7. The highest BCUT2D eigenvalue weighted by Crippen LogP contribution is 2.15. The fourth-order valence-electron chi connectivity index (χ4n) is 1.37. The van der Waals surface area contributed by atoms with E-state index in [9.17, 15) is 10.1 Å². The first kappa shape index (κ1) is 11.8. The van der Waals surface area contributed by atoms with Crippen LogP contribution in [0.4, 0.5) is 11.6 Å². The Labute approximate surface area is 103 Å². The molecule has 0 radical (unpaired) electrons. The zero-order valence-corrected chi connectivity index (χ0v) is 9.66. The summed E-state index contributed by atoms with van der Waals surface area (Å²) in [5, 5.41) is 14.4. The van der Waals surface area contributed by atoms with Crippen LogP contribution >= 0.6 is 0 Å². The largest absolute Gasteiger partial charge is 0.433 e. The van der Waals surface area contributed by atoms with Crippen LogP contribution in [0.2, 0.25) is 0 Å². The van der Waals surface area contributed by atoms with Gasteiger partial charge >= 0.3 is 5.88 Å². The van der Waals surface area contributed by atoms with Gasteiger partial charge in [0.2, 0.25) is 0 Å². The van der Waals surface area contributed by atoms with Crippen molar-refractivity contribution in [2.24, 2.45) is 5.10 Å². The number of aryl methyl sites for hydroxylation is 1. The minimum absolute atomic E-state index is 0.299. The van der Waals surface area contributed by atoms with Gasteiger partial charge in [-0.3, -0.25) is 15.5 Å². The predicted molar refractivity (Wildman–Crippen MR) is 67.8 cm³/mol. The molecule has 0 amide bonds. The average Bonchev–Trinajstić information content (AvgIpc) is 2.80. The molecule has 92 valence electrons. The monoisotopic (exact) mass is 245 g/mol. The SMILES string of the molecule is Cc1ccccc1NN=Cc1ccc([N+](=O)[O-])o1. The summed E-state index contributed by atoms with van der Waals surface area (Å²) in [6, 6.07) is 10.4. The van der Waals surface area contributed by atoms with Crippen molar-refractivity contribution in [3.05, 3.63) is 57.8 Å². The summed E-state index contributed by atoms with van der Waals surface area (Å²) in [6.07, 6.45) is 1.39. The van der Waals surface area contributed by atoms with Gasteiger partial charge in [-0.05, 0) is 24.6 Å². The lowest BCUT2D eigenvalue weighted by atomic mass is 10.2. The molecule has 1 heterocycles. The molecular weight excluding hydrogens is 234 g/mol. The van der Waals surface area contributed by atoms with Crippen molar-refractivity contribution in [2.45, 2.75) is 6.92 Å². The first-order valence-corrected chi connectivity index (χ1v) is 5.26. The summed E-state index contributed by atoms with van der Waals surface area (Å²) in [7, 11) is 0. The maximum atomic E-state index is 10.4. The summed E-state index contributed by atoms with van der Waals surface area (Å²) in [5.74, 6) is 0.0233. The van der Waals surface area contributed by atoms with Gasteiger partial charge in [0.05, 0.1) is 18.0 Å². The first-order valence-electron chi connectivity index (χ1n) is 5.26. The van der Waals surface area contributed by atoms with Gasteiger partial charge in [-0.15, -0.1) is 0 Å². The molecule has 0 spiro atoms. The minimum atomic E-state index is -0.591. The Morgan fingerprint density at radius 3 is 2.78 bits per heavy atom. The third kappa shape index (κ3) is 2.73. The van der Waals surface area contributed by atoms with E-state index in [1.54, 1.807) is 0 Å². The second-order valence-corrected chi connectivity index (χ2v) is 3.62. The lowest BCUT2D eigenvalue weighted by Gasteiger charge is -2.02. The molecule has 1 N–H and O–H groups in total. The number of rotatable bonds is 4. The van der Waals surface area contributed by atoms with Gasteiger partial charge in [0, 0.05) is 0 Å². The minimum Gasteiger partial charge on any atom is -0.400 e. The third-order valence-corrected chi connectivity index (χ3v) is 2.31. The summed E-state index contributed by atoms with van der Waals surface area (Å²) in [6.45, 7) is 1.95. The van der Waals surface area contributed by atoms with Crippen LogP contribution in [0.1, 0.15) is 11.3 Å². The molecule has 0 fully saturated rings. The zero-order chi connectivity index (χ0) is 13.0. The molecule has 1 aromatic heterocycles. The number of nitrogens with one attached hydrogen (secondary N) is 1. The van der Waals surface area contributed by atoms with Gasteiger partial charge in [0.25, 0.3) is 0 Å². The maximum Gasteiger partial charge on any atom is 0.433 e. The van der Waals surface area contributed by atoms with Crippen molar-refractivity contribution in [3.63, 3.8) is 0 Å². The van der Waals surface area contributed by atoms with Crippen molar-refractivity contribution in [1.82, 2.24) is 0 Å². The van der Waals surface area contributed by atoms with Gasteiger partial charge in [-0.25, -0.2) is 0 Å². The molecule has 0 atom stereocenters. The molecule has 0 bridgehead atoms. The van der Waals surface area contributed by atoms with Gasteiger partial charge in [0.15, 0.2) is 5.76 Å². The van der Waals surface area contributed by atoms with Crippen molar-refractivity contribution in [3.8, 4) is 0 Å². The Bertz CT molecular complexity index is 590. The van der Waals surface area contributed by atoms with E-state index < -0.39 is 4.92 Å². The number of nitro groups is 1. The van der Waals surface area contributed by atoms with Crippen LogP contribution in [0, 0.1) is 17.0 Å². The number of nitrogens with zero attached hydrogens (tertiary/aromatic N) is 2. The number of hydrazone groups is 1. The van der Waals surface area contributed by atoms with E-state index in [-0.39, 0.29) is 5.88 Å². The van der Waals surface area contributed by atoms with Crippen LogP contribution < -0.4 is 5.43 Å². The number of anilines is 1. The molecule has 2 rings (SSSR count). The smallest absolute Gasteiger partial charge is 0.400 e. The van der Waals surface area contributed by atoms with Gasteiger partial charge in [0.1, 0.15) is 4.92 Å². The van der Waals surface area contributed by atoms with E-state index >= 15 is 0 Å². The van der Waals surface area contributed by atoms with Crippen molar-refractivity contribution < 1.29 is 9.34 Å². The Morgan fingerprint density at radius 1 is 1.33 bits per heavy atom. The van der Waals surface area contributed by atoms with E-state index in [1.165, 1.54) is 18.3 Å². The van der Waals surface area contributed by atoms with E-state index in [2.05, 4.69) is 10.5 Å². The van der Waals surface area contributed by atoms with E-state index in [1.807, 2.05) is 31.2 Å². The molecule has 18 heavy (non-hydrogen) atoms. The third-order valence-electron chi connectivity index (χ3n) is 2.31. The molecule has 0 aliphatic carbocycles. The predicted octanol–water partition coefficient (Wildman–Crippen LogP) is 2.94.